The van der Waals surface area contributed by atoms with E-state index in [9.17, 15) is 0 Å². The standard InChI is InChI=1S/C13H22N2O2/c1-10-3-5-15(8-12(10)16-2)9-13-11(7-14)4-6-17-13/h4,6,10,12H,3,5,7-9,14H2,1-2H3. The summed E-state index contributed by atoms with van der Waals surface area (Å²) in [5.74, 6) is 1.64. The second-order valence-electron chi connectivity index (χ2n) is 4.85. The molecule has 0 aromatic carbocycles. The van der Waals surface area contributed by atoms with Gasteiger partial charge < -0.3 is 14.9 Å². The van der Waals surface area contributed by atoms with E-state index in [1.807, 2.05) is 6.07 Å². The highest BCUT2D eigenvalue weighted by molar-refractivity contribution is 5.16. The molecule has 1 aliphatic rings. The fraction of sp³-hybridized carbons (Fsp3) is 0.692. The average Bonchev–Trinajstić information content (AvgIpc) is 2.79. The van der Waals surface area contributed by atoms with Crippen LogP contribution < -0.4 is 5.73 Å². The summed E-state index contributed by atoms with van der Waals surface area (Å²) in [6, 6.07) is 1.95. The number of nitrogens with two attached hydrogens (primary N) is 1. The number of rotatable bonds is 4. The van der Waals surface area contributed by atoms with Crippen LogP contribution in [0, 0.1) is 5.92 Å². The van der Waals surface area contributed by atoms with Crippen molar-refractivity contribution in [2.75, 3.05) is 20.2 Å². The number of methoxy groups -OCH3 is 1. The minimum atomic E-state index is 0.333. The highest BCUT2D eigenvalue weighted by Gasteiger charge is 2.26. The van der Waals surface area contributed by atoms with E-state index in [0.717, 1.165) is 31.0 Å². The Morgan fingerprint density at radius 3 is 3.12 bits per heavy atom. The van der Waals surface area contributed by atoms with Crippen molar-refractivity contribution in [1.82, 2.24) is 4.90 Å². The number of hydrogen-bond acceptors (Lipinski definition) is 4. The molecule has 0 spiro atoms. The van der Waals surface area contributed by atoms with Crippen LogP contribution in [0.25, 0.3) is 0 Å². The van der Waals surface area contributed by atoms with Gasteiger partial charge in [-0.15, -0.1) is 0 Å². The Morgan fingerprint density at radius 2 is 2.41 bits per heavy atom. The number of ether oxygens (including phenoxy) is 1. The van der Waals surface area contributed by atoms with Gasteiger partial charge in [-0.1, -0.05) is 6.92 Å². The van der Waals surface area contributed by atoms with Gasteiger partial charge in [0.25, 0.3) is 0 Å². The summed E-state index contributed by atoms with van der Waals surface area (Å²) >= 11 is 0. The first-order valence-corrected chi connectivity index (χ1v) is 6.25. The van der Waals surface area contributed by atoms with Crippen LogP contribution in [-0.2, 0) is 17.8 Å². The van der Waals surface area contributed by atoms with Crippen LogP contribution in [0.4, 0.5) is 0 Å². The van der Waals surface area contributed by atoms with E-state index in [2.05, 4.69) is 11.8 Å². The summed E-state index contributed by atoms with van der Waals surface area (Å²) < 4.78 is 11.0. The maximum absolute atomic E-state index is 5.67. The van der Waals surface area contributed by atoms with Crippen LogP contribution in [0.5, 0.6) is 0 Å². The van der Waals surface area contributed by atoms with Crippen molar-refractivity contribution in [3.05, 3.63) is 23.7 Å². The molecule has 1 aromatic rings. The minimum absolute atomic E-state index is 0.333. The predicted octanol–water partition coefficient (Wildman–Crippen LogP) is 1.60. The SMILES string of the molecule is COC1CN(Cc2occc2CN)CCC1C. The molecule has 1 saturated heterocycles. The third kappa shape index (κ3) is 2.89. The fourth-order valence-corrected chi connectivity index (χ4v) is 2.44. The summed E-state index contributed by atoms with van der Waals surface area (Å²) in [6.07, 6.45) is 3.23. The fourth-order valence-electron chi connectivity index (χ4n) is 2.44. The molecule has 1 fully saturated rings. The van der Waals surface area contributed by atoms with Crippen LogP contribution in [0.2, 0.25) is 0 Å². The van der Waals surface area contributed by atoms with Gasteiger partial charge >= 0.3 is 0 Å². The summed E-state index contributed by atoms with van der Waals surface area (Å²) in [5.41, 5.74) is 6.78. The summed E-state index contributed by atoms with van der Waals surface area (Å²) in [5, 5.41) is 0. The normalized spacial score (nSPS) is 26.3. The zero-order valence-electron chi connectivity index (χ0n) is 10.7. The van der Waals surface area contributed by atoms with Crippen molar-refractivity contribution in [1.29, 1.82) is 0 Å². The molecule has 17 heavy (non-hydrogen) atoms. The Kier molecular flexibility index (Phi) is 4.20. The van der Waals surface area contributed by atoms with Crippen molar-refractivity contribution in [3.8, 4) is 0 Å². The Hall–Kier alpha value is -0.840. The number of hydrogen-bond donors (Lipinski definition) is 1. The zero-order chi connectivity index (χ0) is 12.3. The summed E-state index contributed by atoms with van der Waals surface area (Å²) in [6.45, 7) is 5.72. The van der Waals surface area contributed by atoms with E-state index in [1.165, 1.54) is 6.42 Å². The van der Waals surface area contributed by atoms with Gasteiger partial charge in [0.2, 0.25) is 0 Å². The van der Waals surface area contributed by atoms with E-state index in [0.29, 0.717) is 18.6 Å². The molecular weight excluding hydrogens is 216 g/mol. The molecule has 0 saturated carbocycles. The van der Waals surface area contributed by atoms with Crippen molar-refractivity contribution in [2.45, 2.75) is 32.5 Å². The lowest BCUT2D eigenvalue weighted by atomic mass is 9.95. The van der Waals surface area contributed by atoms with E-state index < -0.39 is 0 Å². The second kappa shape index (κ2) is 5.67. The van der Waals surface area contributed by atoms with Gasteiger partial charge in [-0.2, -0.15) is 0 Å². The van der Waals surface area contributed by atoms with Crippen molar-refractivity contribution in [2.24, 2.45) is 11.7 Å². The molecule has 0 amide bonds. The Morgan fingerprint density at radius 1 is 1.59 bits per heavy atom. The molecule has 2 heterocycles. The molecular formula is C13H22N2O2. The zero-order valence-corrected chi connectivity index (χ0v) is 10.7. The quantitative estimate of drug-likeness (QED) is 0.865. The van der Waals surface area contributed by atoms with Crippen LogP contribution in [0.3, 0.4) is 0 Å². The number of likely N-dealkylation sites (tertiary alicyclic amines) is 1. The number of furan rings is 1. The van der Waals surface area contributed by atoms with Crippen LogP contribution in [0.1, 0.15) is 24.7 Å². The first-order chi connectivity index (χ1) is 8.24. The maximum Gasteiger partial charge on any atom is 0.122 e. The molecule has 4 heteroatoms. The first kappa shape index (κ1) is 12.6. The van der Waals surface area contributed by atoms with Gasteiger partial charge in [0.05, 0.1) is 18.9 Å². The molecule has 0 aliphatic carbocycles. The van der Waals surface area contributed by atoms with Gasteiger partial charge in [0, 0.05) is 25.8 Å². The lowest BCUT2D eigenvalue weighted by Gasteiger charge is -2.35. The van der Waals surface area contributed by atoms with E-state index >= 15 is 0 Å². The molecule has 0 radical (unpaired) electrons. The summed E-state index contributed by atoms with van der Waals surface area (Å²) in [7, 11) is 1.79. The molecule has 4 nitrogen and oxygen atoms in total. The van der Waals surface area contributed by atoms with Gasteiger partial charge in [0.1, 0.15) is 5.76 Å². The average molecular weight is 238 g/mol. The van der Waals surface area contributed by atoms with Crippen LogP contribution >= 0.6 is 0 Å². The third-order valence-corrected chi connectivity index (χ3v) is 3.70. The largest absolute Gasteiger partial charge is 0.468 e. The number of nitrogens with zero attached hydrogens (tertiary/aromatic N) is 1. The molecule has 2 N–H and O–H groups in total. The Labute approximate surface area is 103 Å². The predicted molar refractivity (Wildman–Crippen MR) is 66.5 cm³/mol. The molecule has 1 aromatic heterocycles. The molecule has 0 bridgehead atoms. The second-order valence-corrected chi connectivity index (χ2v) is 4.85. The molecule has 2 rings (SSSR count). The Bertz CT molecular complexity index is 351. The Balaban J connectivity index is 1.95. The lowest BCUT2D eigenvalue weighted by molar-refractivity contribution is -0.00926. The van der Waals surface area contributed by atoms with Crippen molar-refractivity contribution >= 4 is 0 Å². The smallest absolute Gasteiger partial charge is 0.122 e. The first-order valence-electron chi connectivity index (χ1n) is 6.25. The van der Waals surface area contributed by atoms with Gasteiger partial charge in [-0.05, 0) is 24.9 Å². The molecule has 2 atom stereocenters. The topological polar surface area (TPSA) is 51.6 Å². The monoisotopic (exact) mass is 238 g/mol. The summed E-state index contributed by atoms with van der Waals surface area (Å²) in [4.78, 5) is 2.38. The third-order valence-electron chi connectivity index (χ3n) is 3.70. The maximum atomic E-state index is 5.67. The van der Waals surface area contributed by atoms with Gasteiger partial charge in [0.15, 0.2) is 0 Å². The van der Waals surface area contributed by atoms with Gasteiger partial charge in [-0.3, -0.25) is 4.90 Å². The van der Waals surface area contributed by atoms with Crippen molar-refractivity contribution in [3.63, 3.8) is 0 Å². The molecule has 96 valence electrons. The minimum Gasteiger partial charge on any atom is -0.468 e. The van der Waals surface area contributed by atoms with Crippen molar-refractivity contribution < 1.29 is 9.15 Å². The number of piperidine rings is 1. The highest BCUT2D eigenvalue weighted by atomic mass is 16.5. The molecule has 2 unspecified atom stereocenters. The van der Waals surface area contributed by atoms with E-state index in [4.69, 9.17) is 14.9 Å². The van der Waals surface area contributed by atoms with Crippen LogP contribution in [0.15, 0.2) is 16.7 Å². The lowest BCUT2D eigenvalue weighted by Crippen LogP contribution is -2.43. The highest BCUT2D eigenvalue weighted by Crippen LogP contribution is 2.22. The van der Waals surface area contributed by atoms with Crippen LogP contribution in [-0.4, -0.2) is 31.2 Å². The van der Waals surface area contributed by atoms with E-state index in [-0.39, 0.29) is 0 Å². The molecule has 1 aliphatic heterocycles. The van der Waals surface area contributed by atoms with Gasteiger partial charge in [-0.25, -0.2) is 0 Å². The van der Waals surface area contributed by atoms with E-state index in [1.54, 1.807) is 13.4 Å².